The number of nitrogens with zero attached hydrogens (tertiary/aromatic N) is 2. The third-order valence-corrected chi connectivity index (χ3v) is 5.72. The summed E-state index contributed by atoms with van der Waals surface area (Å²) in [5, 5.41) is 20.0. The Kier molecular flexibility index (Phi) is 4.57. The van der Waals surface area contributed by atoms with E-state index in [0.717, 1.165) is 16.4 Å². The van der Waals surface area contributed by atoms with Gasteiger partial charge in [0.05, 0.1) is 18.0 Å². The number of carboxylic acids is 1. The zero-order valence-electron chi connectivity index (χ0n) is 12.5. The Morgan fingerprint density at radius 3 is 2.57 bits per heavy atom. The Morgan fingerprint density at radius 2 is 2.09 bits per heavy atom. The summed E-state index contributed by atoms with van der Waals surface area (Å²) in [6.07, 6.45) is 0. The maximum atomic E-state index is 12.7. The van der Waals surface area contributed by atoms with Crippen molar-refractivity contribution in [1.29, 1.82) is 0 Å². The van der Waals surface area contributed by atoms with Crippen LogP contribution in [0, 0.1) is 22.0 Å². The number of carboxylic acid groups (broad SMARTS) is 1. The highest BCUT2D eigenvalue weighted by molar-refractivity contribution is 7.89. The number of nitro groups is 1. The van der Waals surface area contributed by atoms with Gasteiger partial charge in [0, 0.05) is 25.2 Å². The van der Waals surface area contributed by atoms with Crippen LogP contribution in [0.1, 0.15) is 6.92 Å². The quantitative estimate of drug-likeness (QED) is 0.622. The minimum absolute atomic E-state index is 0.0259. The molecule has 0 saturated carbocycles. The molecule has 1 saturated heterocycles. The van der Waals surface area contributed by atoms with E-state index in [1.54, 1.807) is 6.92 Å². The minimum atomic E-state index is -4.10. The number of methoxy groups -OCH3 is 1. The van der Waals surface area contributed by atoms with Gasteiger partial charge in [0.15, 0.2) is 0 Å². The van der Waals surface area contributed by atoms with Crippen LogP contribution in [0.25, 0.3) is 0 Å². The van der Waals surface area contributed by atoms with Crippen molar-refractivity contribution in [2.24, 2.45) is 11.8 Å². The number of ether oxygens (including phenoxy) is 1. The van der Waals surface area contributed by atoms with Gasteiger partial charge in [-0.05, 0) is 12.0 Å². The lowest BCUT2D eigenvalue weighted by molar-refractivity contribution is -0.385. The lowest BCUT2D eigenvalue weighted by atomic mass is 9.99. The first-order valence-electron chi connectivity index (χ1n) is 6.74. The van der Waals surface area contributed by atoms with E-state index < -0.39 is 26.8 Å². The maximum Gasteiger partial charge on any atom is 0.308 e. The Bertz CT molecular complexity index is 747. The highest BCUT2D eigenvalue weighted by Gasteiger charge is 2.42. The number of non-ortho nitro benzene ring substituents is 1. The molecule has 1 fully saturated rings. The van der Waals surface area contributed by atoms with Gasteiger partial charge in [-0.2, -0.15) is 4.31 Å². The Morgan fingerprint density at radius 1 is 1.43 bits per heavy atom. The van der Waals surface area contributed by atoms with Crippen molar-refractivity contribution in [2.75, 3.05) is 20.2 Å². The van der Waals surface area contributed by atoms with Crippen molar-refractivity contribution >= 4 is 21.7 Å². The number of aliphatic carboxylic acids is 1. The second kappa shape index (κ2) is 6.13. The van der Waals surface area contributed by atoms with Crippen molar-refractivity contribution in [1.82, 2.24) is 4.31 Å². The summed E-state index contributed by atoms with van der Waals surface area (Å²) in [6.45, 7) is 1.51. The first-order chi connectivity index (χ1) is 10.7. The molecule has 9 nitrogen and oxygen atoms in total. The molecule has 0 unspecified atom stereocenters. The largest absolute Gasteiger partial charge is 0.495 e. The second-order valence-electron chi connectivity index (χ2n) is 5.34. The van der Waals surface area contributed by atoms with E-state index in [9.17, 15) is 23.3 Å². The summed E-state index contributed by atoms with van der Waals surface area (Å²) in [6, 6.07) is 3.27. The Labute approximate surface area is 132 Å². The molecule has 0 amide bonds. The third-order valence-electron chi connectivity index (χ3n) is 3.87. The lowest BCUT2D eigenvalue weighted by Gasteiger charge is -2.17. The van der Waals surface area contributed by atoms with Crippen molar-refractivity contribution in [3.63, 3.8) is 0 Å². The Hall–Kier alpha value is -2.20. The molecule has 2 atom stereocenters. The van der Waals surface area contributed by atoms with E-state index >= 15 is 0 Å². The van der Waals surface area contributed by atoms with Gasteiger partial charge in [-0.1, -0.05) is 6.92 Å². The zero-order chi connectivity index (χ0) is 17.4. The van der Waals surface area contributed by atoms with Crippen molar-refractivity contribution in [3.05, 3.63) is 28.3 Å². The Balaban J connectivity index is 2.46. The number of hydrogen-bond acceptors (Lipinski definition) is 6. The summed E-state index contributed by atoms with van der Waals surface area (Å²) in [7, 11) is -2.84. The van der Waals surface area contributed by atoms with Gasteiger partial charge in [0.1, 0.15) is 10.6 Å². The number of rotatable bonds is 5. The molecule has 0 aliphatic carbocycles. The van der Waals surface area contributed by atoms with Crippen LogP contribution in [-0.4, -0.2) is 48.9 Å². The van der Waals surface area contributed by atoms with Gasteiger partial charge in [-0.25, -0.2) is 8.42 Å². The first kappa shape index (κ1) is 17.2. The van der Waals surface area contributed by atoms with Gasteiger partial charge in [-0.15, -0.1) is 0 Å². The summed E-state index contributed by atoms with van der Waals surface area (Å²) in [5.41, 5.74) is -0.383. The summed E-state index contributed by atoms with van der Waals surface area (Å²) in [4.78, 5) is 21.0. The number of sulfonamides is 1. The lowest BCUT2D eigenvalue weighted by Crippen LogP contribution is -2.30. The molecule has 0 radical (unpaired) electrons. The number of carbonyl (C=O) groups is 1. The van der Waals surface area contributed by atoms with Crippen LogP contribution in [0.4, 0.5) is 5.69 Å². The summed E-state index contributed by atoms with van der Waals surface area (Å²) < 4.78 is 31.5. The predicted octanol–water partition coefficient (Wildman–Crippen LogP) is 0.945. The van der Waals surface area contributed by atoms with Gasteiger partial charge < -0.3 is 9.84 Å². The van der Waals surface area contributed by atoms with E-state index in [4.69, 9.17) is 9.84 Å². The zero-order valence-corrected chi connectivity index (χ0v) is 13.3. The molecule has 10 heteroatoms. The molecule has 0 bridgehead atoms. The molecule has 1 aliphatic rings. The van der Waals surface area contributed by atoms with Crippen LogP contribution in [0.3, 0.4) is 0 Å². The van der Waals surface area contributed by atoms with E-state index in [-0.39, 0.29) is 35.3 Å². The molecule has 0 aromatic heterocycles. The van der Waals surface area contributed by atoms with Crippen molar-refractivity contribution in [3.8, 4) is 5.75 Å². The fraction of sp³-hybridized carbons (Fsp3) is 0.462. The average Bonchev–Trinajstić information content (AvgIpc) is 2.89. The molecule has 23 heavy (non-hydrogen) atoms. The highest BCUT2D eigenvalue weighted by Crippen LogP contribution is 2.34. The maximum absolute atomic E-state index is 12.7. The SMILES string of the molecule is COc1ccc([N+](=O)[O-])cc1S(=O)(=O)N1C[C@@H](C)[C@H](C(=O)O)C1. The molecule has 126 valence electrons. The van der Waals surface area contributed by atoms with Crippen LogP contribution in [-0.2, 0) is 14.8 Å². The second-order valence-corrected chi connectivity index (χ2v) is 7.24. The fourth-order valence-electron chi connectivity index (χ4n) is 2.56. The number of nitro benzene ring substituents is 1. The molecule has 0 spiro atoms. The molecule has 1 N–H and O–H groups in total. The van der Waals surface area contributed by atoms with Crippen LogP contribution < -0.4 is 4.74 Å². The number of hydrogen-bond donors (Lipinski definition) is 1. The fourth-order valence-corrected chi connectivity index (χ4v) is 4.30. The van der Waals surface area contributed by atoms with Gasteiger partial charge in [-0.3, -0.25) is 14.9 Å². The predicted molar refractivity (Wildman–Crippen MR) is 78.7 cm³/mol. The number of benzene rings is 1. The van der Waals surface area contributed by atoms with Crippen LogP contribution >= 0.6 is 0 Å². The van der Waals surface area contributed by atoms with Crippen molar-refractivity contribution < 1.29 is 28.0 Å². The van der Waals surface area contributed by atoms with Crippen molar-refractivity contribution in [2.45, 2.75) is 11.8 Å². The normalized spacial score (nSPS) is 22.0. The van der Waals surface area contributed by atoms with Crippen LogP contribution in [0.5, 0.6) is 5.75 Å². The third kappa shape index (κ3) is 3.13. The molecule has 2 rings (SSSR count). The molecular formula is C13H16N2O7S. The van der Waals surface area contributed by atoms with E-state index in [1.165, 1.54) is 13.2 Å². The topological polar surface area (TPSA) is 127 Å². The molecule has 1 aromatic rings. The van der Waals surface area contributed by atoms with E-state index in [0.29, 0.717) is 0 Å². The molecular weight excluding hydrogens is 328 g/mol. The van der Waals surface area contributed by atoms with Gasteiger partial charge in [0.2, 0.25) is 10.0 Å². The minimum Gasteiger partial charge on any atom is -0.495 e. The molecule has 1 heterocycles. The highest BCUT2D eigenvalue weighted by atomic mass is 32.2. The molecule has 1 aromatic carbocycles. The van der Waals surface area contributed by atoms with E-state index in [1.807, 2.05) is 0 Å². The van der Waals surface area contributed by atoms with Crippen LogP contribution in [0.15, 0.2) is 23.1 Å². The van der Waals surface area contributed by atoms with E-state index in [2.05, 4.69) is 0 Å². The summed E-state index contributed by atoms with van der Waals surface area (Å²) in [5.74, 6) is -2.26. The smallest absolute Gasteiger partial charge is 0.308 e. The van der Waals surface area contributed by atoms with Crippen LogP contribution in [0.2, 0.25) is 0 Å². The average molecular weight is 344 g/mol. The standard InChI is InChI=1S/C13H16N2O7S/c1-8-6-14(7-10(8)13(16)17)23(20,21)12-5-9(15(18)19)3-4-11(12)22-2/h3-5,8,10H,6-7H2,1-2H3,(H,16,17)/t8-,10-/m1/s1. The van der Waals surface area contributed by atoms with Gasteiger partial charge in [0.25, 0.3) is 5.69 Å². The molecule has 1 aliphatic heterocycles. The van der Waals surface area contributed by atoms with Gasteiger partial charge >= 0.3 is 5.97 Å². The monoisotopic (exact) mass is 344 g/mol. The summed E-state index contributed by atoms with van der Waals surface area (Å²) >= 11 is 0. The first-order valence-corrected chi connectivity index (χ1v) is 8.18.